The van der Waals surface area contributed by atoms with E-state index in [9.17, 15) is 0 Å². The minimum absolute atomic E-state index is 0.730. The quantitative estimate of drug-likeness (QED) is 0.781. The Morgan fingerprint density at radius 1 is 1.17 bits per heavy atom. The van der Waals surface area contributed by atoms with E-state index >= 15 is 0 Å². The lowest BCUT2D eigenvalue weighted by Gasteiger charge is -2.43. The summed E-state index contributed by atoms with van der Waals surface area (Å²) in [6.45, 7) is 9.49. The van der Waals surface area contributed by atoms with Crippen molar-refractivity contribution in [3.8, 4) is 0 Å². The van der Waals surface area contributed by atoms with Crippen LogP contribution in [-0.4, -0.2) is 37.1 Å². The number of hydrogen-bond donors (Lipinski definition) is 1. The summed E-state index contributed by atoms with van der Waals surface area (Å²) in [7, 11) is 2.36. The molecule has 0 aromatic carbocycles. The lowest BCUT2D eigenvalue weighted by Crippen LogP contribution is -2.53. The highest BCUT2D eigenvalue weighted by Gasteiger charge is 2.35. The van der Waals surface area contributed by atoms with Gasteiger partial charge in [-0.25, -0.2) is 0 Å². The van der Waals surface area contributed by atoms with Gasteiger partial charge in [0.05, 0.1) is 0 Å². The van der Waals surface area contributed by atoms with Gasteiger partial charge in [0.25, 0.3) is 0 Å². The molecule has 0 bridgehead atoms. The zero-order valence-corrected chi connectivity index (χ0v) is 12.8. The smallest absolute Gasteiger partial charge is 0.0249 e. The number of rotatable bonds is 6. The van der Waals surface area contributed by atoms with Gasteiger partial charge in [0.2, 0.25) is 0 Å². The number of likely N-dealkylation sites (N-methyl/N-ethyl adjacent to an activating group) is 2. The molecule has 2 fully saturated rings. The van der Waals surface area contributed by atoms with Gasteiger partial charge in [0.1, 0.15) is 0 Å². The summed E-state index contributed by atoms with van der Waals surface area (Å²) in [6.07, 6.45) is 7.13. The summed E-state index contributed by atoms with van der Waals surface area (Å²) < 4.78 is 0. The Labute approximate surface area is 114 Å². The highest BCUT2D eigenvalue weighted by atomic mass is 15.2. The second-order valence-corrected chi connectivity index (χ2v) is 6.93. The molecule has 18 heavy (non-hydrogen) atoms. The lowest BCUT2D eigenvalue weighted by atomic mass is 9.76. The van der Waals surface area contributed by atoms with Crippen LogP contribution in [0.15, 0.2) is 0 Å². The first-order chi connectivity index (χ1) is 8.61. The lowest BCUT2D eigenvalue weighted by molar-refractivity contribution is 0.0997. The van der Waals surface area contributed by atoms with Crippen LogP contribution in [0.3, 0.4) is 0 Å². The van der Waals surface area contributed by atoms with E-state index in [1.54, 1.807) is 0 Å². The summed E-state index contributed by atoms with van der Waals surface area (Å²) in [5.74, 6) is 2.80. The first-order valence-electron chi connectivity index (χ1n) is 8.05. The molecule has 0 saturated heterocycles. The maximum Gasteiger partial charge on any atom is 0.0249 e. The Morgan fingerprint density at radius 3 is 2.44 bits per heavy atom. The first kappa shape index (κ1) is 14.3. The zero-order chi connectivity index (χ0) is 13.1. The molecule has 3 unspecified atom stereocenters. The topological polar surface area (TPSA) is 15.3 Å². The van der Waals surface area contributed by atoms with Crippen LogP contribution in [0, 0.1) is 17.8 Å². The Kier molecular flexibility index (Phi) is 5.08. The third-order valence-corrected chi connectivity index (χ3v) is 5.08. The molecule has 1 N–H and O–H groups in total. The molecule has 2 rings (SSSR count). The largest absolute Gasteiger partial charge is 0.313 e. The van der Waals surface area contributed by atoms with Crippen molar-refractivity contribution in [2.45, 2.75) is 65.0 Å². The molecule has 0 spiro atoms. The molecule has 0 amide bonds. The van der Waals surface area contributed by atoms with Gasteiger partial charge in [-0.1, -0.05) is 20.8 Å². The van der Waals surface area contributed by atoms with E-state index in [1.807, 2.05) is 0 Å². The van der Waals surface area contributed by atoms with Gasteiger partial charge < -0.3 is 10.2 Å². The van der Waals surface area contributed by atoms with E-state index in [2.05, 4.69) is 38.0 Å². The molecule has 0 aromatic heterocycles. The van der Waals surface area contributed by atoms with Gasteiger partial charge in [-0.05, 0) is 63.5 Å². The van der Waals surface area contributed by atoms with Crippen LogP contribution in [0.4, 0.5) is 0 Å². The van der Waals surface area contributed by atoms with Crippen molar-refractivity contribution in [3.05, 3.63) is 0 Å². The molecular formula is C16H32N2. The van der Waals surface area contributed by atoms with Gasteiger partial charge in [-0.3, -0.25) is 0 Å². The summed E-state index contributed by atoms with van der Waals surface area (Å²) in [4.78, 5) is 2.67. The highest BCUT2D eigenvalue weighted by Crippen LogP contribution is 2.35. The van der Waals surface area contributed by atoms with Gasteiger partial charge in [-0.15, -0.1) is 0 Å². The van der Waals surface area contributed by atoms with Crippen molar-refractivity contribution in [2.75, 3.05) is 20.1 Å². The van der Waals surface area contributed by atoms with E-state index in [4.69, 9.17) is 0 Å². The molecule has 2 heteroatoms. The summed E-state index contributed by atoms with van der Waals surface area (Å²) in [6, 6.07) is 1.50. The van der Waals surface area contributed by atoms with E-state index in [1.165, 1.54) is 38.6 Å². The van der Waals surface area contributed by atoms with E-state index in [0.717, 1.165) is 36.4 Å². The molecule has 3 atom stereocenters. The van der Waals surface area contributed by atoms with Crippen LogP contribution in [0.5, 0.6) is 0 Å². The number of hydrogen-bond acceptors (Lipinski definition) is 2. The number of nitrogens with one attached hydrogen (secondary N) is 1. The van der Waals surface area contributed by atoms with Gasteiger partial charge in [-0.2, -0.15) is 0 Å². The maximum absolute atomic E-state index is 3.73. The fraction of sp³-hybridized carbons (Fsp3) is 1.00. The third kappa shape index (κ3) is 3.71. The highest BCUT2D eigenvalue weighted by molar-refractivity contribution is 4.92. The Morgan fingerprint density at radius 2 is 1.89 bits per heavy atom. The molecule has 2 saturated carbocycles. The van der Waals surface area contributed by atoms with Crippen molar-refractivity contribution >= 4 is 0 Å². The molecule has 2 aliphatic carbocycles. The van der Waals surface area contributed by atoms with Gasteiger partial charge in [0.15, 0.2) is 0 Å². The van der Waals surface area contributed by atoms with Crippen molar-refractivity contribution in [2.24, 2.45) is 17.8 Å². The minimum atomic E-state index is 0.730. The average Bonchev–Trinajstić information content (AvgIpc) is 3.13. The first-order valence-corrected chi connectivity index (χ1v) is 8.05. The van der Waals surface area contributed by atoms with E-state index in [0.29, 0.717) is 0 Å². The van der Waals surface area contributed by atoms with Crippen LogP contribution in [0.1, 0.15) is 52.9 Å². The Balaban J connectivity index is 1.93. The SMILES string of the molecule is CCNC1CCC(C(C)C)CC1N(C)CC1CC1. The van der Waals surface area contributed by atoms with E-state index < -0.39 is 0 Å². The fourth-order valence-corrected chi connectivity index (χ4v) is 3.61. The zero-order valence-electron chi connectivity index (χ0n) is 12.8. The monoisotopic (exact) mass is 252 g/mol. The van der Waals surface area contributed by atoms with Crippen LogP contribution >= 0.6 is 0 Å². The van der Waals surface area contributed by atoms with Crippen molar-refractivity contribution in [3.63, 3.8) is 0 Å². The Bertz CT molecular complexity index is 247. The second kappa shape index (κ2) is 6.38. The molecule has 0 aliphatic heterocycles. The molecule has 0 radical (unpaired) electrons. The maximum atomic E-state index is 3.73. The predicted molar refractivity (Wildman–Crippen MR) is 78.8 cm³/mol. The normalized spacial score (nSPS) is 33.3. The van der Waals surface area contributed by atoms with Gasteiger partial charge in [0, 0.05) is 18.6 Å². The fourth-order valence-electron chi connectivity index (χ4n) is 3.61. The molecule has 2 nitrogen and oxygen atoms in total. The third-order valence-electron chi connectivity index (χ3n) is 5.08. The summed E-state index contributed by atoms with van der Waals surface area (Å²) in [5.41, 5.74) is 0. The van der Waals surface area contributed by atoms with E-state index in [-0.39, 0.29) is 0 Å². The predicted octanol–water partition coefficient (Wildman–Crippen LogP) is 3.13. The van der Waals surface area contributed by atoms with Crippen molar-refractivity contribution in [1.82, 2.24) is 10.2 Å². The van der Waals surface area contributed by atoms with Crippen molar-refractivity contribution in [1.29, 1.82) is 0 Å². The number of nitrogens with zero attached hydrogens (tertiary/aromatic N) is 1. The van der Waals surface area contributed by atoms with Crippen molar-refractivity contribution < 1.29 is 0 Å². The molecule has 2 aliphatic rings. The van der Waals surface area contributed by atoms with Crippen LogP contribution < -0.4 is 5.32 Å². The molecule has 0 heterocycles. The molecule has 0 aromatic rings. The minimum Gasteiger partial charge on any atom is -0.313 e. The average molecular weight is 252 g/mol. The van der Waals surface area contributed by atoms with Crippen LogP contribution in [0.2, 0.25) is 0 Å². The molecular weight excluding hydrogens is 220 g/mol. The van der Waals surface area contributed by atoms with Crippen LogP contribution in [-0.2, 0) is 0 Å². The molecule has 106 valence electrons. The Hall–Kier alpha value is -0.0800. The summed E-state index contributed by atoms with van der Waals surface area (Å²) >= 11 is 0. The van der Waals surface area contributed by atoms with Crippen LogP contribution in [0.25, 0.3) is 0 Å². The summed E-state index contributed by atoms with van der Waals surface area (Å²) in [5, 5.41) is 3.73. The van der Waals surface area contributed by atoms with Gasteiger partial charge >= 0.3 is 0 Å². The second-order valence-electron chi connectivity index (χ2n) is 6.93. The standard InChI is InChI=1S/C16H32N2/c1-5-17-15-9-8-14(12(2)3)10-16(15)18(4)11-13-6-7-13/h12-17H,5-11H2,1-4H3.